The van der Waals surface area contributed by atoms with E-state index in [9.17, 15) is 9.59 Å². The summed E-state index contributed by atoms with van der Waals surface area (Å²) in [5.41, 5.74) is 0. The number of nitrogens with one attached hydrogen (secondary N) is 2. The van der Waals surface area contributed by atoms with E-state index in [1.54, 1.807) is 13.8 Å². The van der Waals surface area contributed by atoms with Gasteiger partial charge >= 0.3 is 12.2 Å². The smallest absolute Gasteiger partial charge is 0.433 e. The summed E-state index contributed by atoms with van der Waals surface area (Å²) < 4.78 is 12.8. The first-order valence-corrected chi connectivity index (χ1v) is 7.44. The van der Waals surface area contributed by atoms with E-state index in [0.717, 1.165) is 0 Å². The second-order valence-corrected chi connectivity index (χ2v) is 4.45. The van der Waals surface area contributed by atoms with Crippen LogP contribution in [-0.2, 0) is 13.8 Å². The van der Waals surface area contributed by atoms with Crippen LogP contribution in [0.1, 0.15) is 13.8 Å². The largest absolute Gasteiger partial charge is 0.484 e. The quantitative estimate of drug-likeness (QED) is 0.202. The SMILES string of the molecule is CNC(=O)O/N=C(\C)SC.CNC(=O)OSN=C(C)OC. The Kier molecular flexibility index (Phi) is 15.3. The van der Waals surface area contributed by atoms with Crippen molar-refractivity contribution >= 4 is 47.1 Å². The van der Waals surface area contributed by atoms with Gasteiger partial charge in [0.05, 0.1) is 7.11 Å². The molecule has 0 unspecified atom stereocenters. The molecule has 122 valence electrons. The molecule has 0 saturated heterocycles. The van der Waals surface area contributed by atoms with Crippen LogP contribution < -0.4 is 10.6 Å². The highest BCUT2D eigenvalue weighted by atomic mass is 32.2. The van der Waals surface area contributed by atoms with Gasteiger partial charge in [0, 0.05) is 21.0 Å². The number of oxime groups is 1. The molecule has 2 N–H and O–H groups in total. The van der Waals surface area contributed by atoms with E-state index < -0.39 is 12.2 Å². The highest BCUT2D eigenvalue weighted by Gasteiger charge is 1.97. The van der Waals surface area contributed by atoms with Crippen LogP contribution in [0.4, 0.5) is 9.59 Å². The van der Waals surface area contributed by atoms with Crippen molar-refractivity contribution in [2.75, 3.05) is 27.5 Å². The number of ether oxygens (including phenoxy) is 1. The number of hydrogen-bond acceptors (Lipinski definition) is 9. The van der Waals surface area contributed by atoms with Crippen molar-refractivity contribution in [2.45, 2.75) is 13.8 Å². The monoisotopic (exact) mass is 340 g/mol. The van der Waals surface area contributed by atoms with Crippen LogP contribution in [0.2, 0.25) is 0 Å². The van der Waals surface area contributed by atoms with Gasteiger partial charge in [0.15, 0.2) is 5.90 Å². The van der Waals surface area contributed by atoms with Gasteiger partial charge in [0.2, 0.25) is 12.2 Å². The van der Waals surface area contributed by atoms with E-state index in [2.05, 4.69) is 33.9 Å². The maximum atomic E-state index is 10.4. The fourth-order valence-corrected chi connectivity index (χ4v) is 0.852. The van der Waals surface area contributed by atoms with Crippen LogP contribution >= 0.6 is 24.0 Å². The average Bonchev–Trinajstić information content (AvgIpc) is 2.51. The molecule has 0 aliphatic rings. The van der Waals surface area contributed by atoms with Gasteiger partial charge in [0.25, 0.3) is 0 Å². The third-order valence-corrected chi connectivity index (χ3v) is 2.76. The number of rotatable bonds is 3. The van der Waals surface area contributed by atoms with Gasteiger partial charge in [-0.25, -0.2) is 9.59 Å². The molecule has 0 aliphatic heterocycles. The highest BCUT2D eigenvalue weighted by molar-refractivity contribution is 8.13. The third kappa shape index (κ3) is 16.3. The van der Waals surface area contributed by atoms with Gasteiger partial charge < -0.3 is 19.6 Å². The molecule has 2 amide bonds. The molecule has 0 heterocycles. The van der Waals surface area contributed by atoms with Gasteiger partial charge in [-0.2, -0.15) is 0 Å². The van der Waals surface area contributed by atoms with Crippen molar-refractivity contribution in [3.63, 3.8) is 0 Å². The van der Waals surface area contributed by atoms with Crippen LogP contribution in [-0.4, -0.2) is 50.6 Å². The first kappa shape index (κ1) is 21.7. The Morgan fingerprint density at radius 3 is 2.10 bits per heavy atom. The highest BCUT2D eigenvalue weighted by Crippen LogP contribution is 2.04. The van der Waals surface area contributed by atoms with E-state index in [-0.39, 0.29) is 0 Å². The summed E-state index contributed by atoms with van der Waals surface area (Å²) in [6, 6.07) is 0. The minimum absolute atomic E-state index is 0.443. The number of nitrogens with zero attached hydrogens (tertiary/aromatic N) is 2. The predicted molar refractivity (Wildman–Crippen MR) is 85.4 cm³/mol. The molecule has 0 rings (SSSR count). The van der Waals surface area contributed by atoms with E-state index >= 15 is 0 Å². The summed E-state index contributed by atoms with van der Waals surface area (Å²) in [5, 5.41) is 8.72. The Bertz CT molecular complexity index is 376. The Labute approximate surface area is 132 Å². The average molecular weight is 340 g/mol. The first-order valence-electron chi connectivity index (χ1n) is 5.52. The van der Waals surface area contributed by atoms with Gasteiger partial charge in [-0.1, -0.05) is 5.16 Å². The fourth-order valence-electron chi connectivity index (χ4n) is 0.373. The molecule has 0 radical (unpaired) electrons. The molecule has 21 heavy (non-hydrogen) atoms. The molecule has 0 spiro atoms. The van der Waals surface area contributed by atoms with Crippen molar-refractivity contribution in [1.82, 2.24) is 10.6 Å². The van der Waals surface area contributed by atoms with E-state index in [1.165, 1.54) is 33.0 Å². The van der Waals surface area contributed by atoms with Crippen molar-refractivity contribution in [3.8, 4) is 0 Å². The molecule has 0 fully saturated rings. The lowest BCUT2D eigenvalue weighted by Crippen LogP contribution is -2.16. The molecule has 11 heteroatoms. The molecule has 0 atom stereocenters. The van der Waals surface area contributed by atoms with Gasteiger partial charge in [-0.15, -0.1) is 16.2 Å². The number of methoxy groups -OCH3 is 1. The van der Waals surface area contributed by atoms with E-state index in [0.29, 0.717) is 23.2 Å². The molecule has 0 aromatic heterocycles. The predicted octanol–water partition coefficient (Wildman–Crippen LogP) is 2.01. The number of carbonyl (C=O) groups excluding carboxylic acids is 2. The summed E-state index contributed by atoms with van der Waals surface area (Å²) in [7, 11) is 4.43. The van der Waals surface area contributed by atoms with Crippen LogP contribution in [0.15, 0.2) is 9.55 Å². The second-order valence-electron chi connectivity index (χ2n) is 2.95. The molecular weight excluding hydrogens is 320 g/mol. The van der Waals surface area contributed by atoms with Gasteiger partial charge in [0.1, 0.15) is 5.04 Å². The summed E-state index contributed by atoms with van der Waals surface area (Å²) >= 11 is 2.09. The van der Waals surface area contributed by atoms with Gasteiger partial charge in [-0.3, -0.25) is 4.84 Å². The van der Waals surface area contributed by atoms with Crippen LogP contribution in [0.5, 0.6) is 0 Å². The second kappa shape index (κ2) is 14.8. The molecule has 0 aliphatic carbocycles. The lowest BCUT2D eigenvalue weighted by molar-refractivity contribution is 0.153. The standard InChI is InChI=1S/C5H10N2O3S.C5H10N2O2S/c1-4(9-3)7-11-10-5(8)6-2;1-4(10-3)7-9-5(8)6-2/h1-3H3,(H,6,8);1-3H3,(H,6,8)/b;7-4+. The van der Waals surface area contributed by atoms with Crippen molar-refractivity contribution in [2.24, 2.45) is 9.55 Å². The molecule has 9 nitrogen and oxygen atoms in total. The number of thioether (sulfide) groups is 1. The molecule has 0 aromatic carbocycles. The zero-order valence-corrected chi connectivity index (χ0v) is 14.4. The summed E-state index contributed by atoms with van der Waals surface area (Å²) in [4.78, 5) is 25.2. The lowest BCUT2D eigenvalue weighted by atomic mass is 10.8. The minimum Gasteiger partial charge on any atom is -0.484 e. The Balaban J connectivity index is 0. The number of carbonyl (C=O) groups is 2. The lowest BCUT2D eigenvalue weighted by Gasteiger charge is -1.97. The van der Waals surface area contributed by atoms with E-state index in [1.807, 2.05) is 6.26 Å². The van der Waals surface area contributed by atoms with Crippen LogP contribution in [0.3, 0.4) is 0 Å². The molecule has 0 aromatic rings. The summed E-state index contributed by atoms with van der Waals surface area (Å²) in [5.74, 6) is 0.443. The Hall–Kier alpha value is -1.62. The zero-order valence-electron chi connectivity index (χ0n) is 12.8. The maximum Gasteiger partial charge on any atom is 0.433 e. The van der Waals surface area contributed by atoms with Crippen molar-refractivity contribution < 1.29 is 23.3 Å². The normalized spacial score (nSPS) is 10.8. The topological polar surface area (TPSA) is 111 Å². The molecule has 0 bridgehead atoms. The molecule has 0 saturated carbocycles. The van der Waals surface area contributed by atoms with Crippen LogP contribution in [0.25, 0.3) is 0 Å². The zero-order chi connectivity index (χ0) is 16.7. The minimum atomic E-state index is -0.548. The van der Waals surface area contributed by atoms with Crippen molar-refractivity contribution in [3.05, 3.63) is 0 Å². The number of amides is 2. The van der Waals surface area contributed by atoms with E-state index in [4.69, 9.17) is 0 Å². The Morgan fingerprint density at radius 2 is 1.67 bits per heavy atom. The summed E-state index contributed by atoms with van der Waals surface area (Å²) in [6.45, 7) is 3.41. The summed E-state index contributed by atoms with van der Waals surface area (Å²) in [6.07, 6.45) is 0.766. The maximum absolute atomic E-state index is 10.4. The number of hydrogen-bond donors (Lipinski definition) is 2. The first-order chi connectivity index (χ1) is 9.90. The van der Waals surface area contributed by atoms with Crippen LogP contribution in [0, 0.1) is 0 Å². The van der Waals surface area contributed by atoms with Gasteiger partial charge in [-0.05, 0) is 13.2 Å². The Morgan fingerprint density at radius 1 is 1.10 bits per heavy atom. The third-order valence-electron chi connectivity index (χ3n) is 1.53. The molecular formula is C10H20N4O5S2. The fraction of sp³-hybridized carbons (Fsp3) is 0.600. The van der Waals surface area contributed by atoms with Crippen molar-refractivity contribution in [1.29, 1.82) is 0 Å².